The van der Waals surface area contributed by atoms with E-state index in [9.17, 15) is 18.8 Å². The van der Waals surface area contributed by atoms with Crippen LogP contribution in [0.15, 0.2) is 48.1 Å². The first-order valence-corrected chi connectivity index (χ1v) is 15.3. The third-order valence-electron chi connectivity index (χ3n) is 6.22. The number of rotatable bonds is 11. The summed E-state index contributed by atoms with van der Waals surface area (Å²) in [6, 6.07) is 7.47. The summed E-state index contributed by atoms with van der Waals surface area (Å²) in [5.74, 6) is -0.990. The van der Waals surface area contributed by atoms with E-state index in [1.54, 1.807) is 36.8 Å². The van der Waals surface area contributed by atoms with Crippen LogP contribution < -0.4 is 20.7 Å². The number of nitrogens with zero attached hydrogens (tertiary/aromatic N) is 5. The summed E-state index contributed by atoms with van der Waals surface area (Å²) in [5.41, 5.74) is 1.96. The van der Waals surface area contributed by atoms with Gasteiger partial charge in [0.15, 0.2) is 16.7 Å². The lowest BCUT2D eigenvalue weighted by Gasteiger charge is -2.10. The van der Waals surface area contributed by atoms with Crippen LogP contribution in [-0.2, 0) is 27.3 Å². The average molecular weight is 637 g/mol. The van der Waals surface area contributed by atoms with Crippen molar-refractivity contribution in [2.24, 2.45) is 0 Å². The van der Waals surface area contributed by atoms with Crippen molar-refractivity contribution in [3.8, 4) is 22.1 Å². The number of thiophene rings is 1. The van der Waals surface area contributed by atoms with Crippen LogP contribution in [0.5, 0.6) is 11.5 Å². The zero-order valence-electron chi connectivity index (χ0n) is 23.2. The van der Waals surface area contributed by atoms with Crippen molar-refractivity contribution in [3.63, 3.8) is 0 Å². The van der Waals surface area contributed by atoms with Crippen molar-refractivity contribution >= 4 is 61.6 Å². The molecule has 1 fully saturated rings. The van der Waals surface area contributed by atoms with Crippen LogP contribution in [0.3, 0.4) is 0 Å². The number of aromatic nitrogens is 5. The first-order chi connectivity index (χ1) is 21.3. The van der Waals surface area contributed by atoms with Gasteiger partial charge in [-0.1, -0.05) is 5.21 Å². The largest absolute Gasteiger partial charge is 0.466 e. The van der Waals surface area contributed by atoms with Crippen molar-refractivity contribution in [2.45, 2.75) is 38.8 Å². The van der Waals surface area contributed by atoms with Crippen LogP contribution in [0.1, 0.15) is 25.5 Å². The fraction of sp³-hybridized carbons (Fsp3) is 0.250. The second-order valence-electron chi connectivity index (χ2n) is 9.73. The van der Waals surface area contributed by atoms with Gasteiger partial charge in [-0.05, 0) is 38.0 Å². The van der Waals surface area contributed by atoms with Gasteiger partial charge in [-0.25, -0.2) is 18.9 Å². The Kier molecular flexibility index (Phi) is 8.42. The van der Waals surface area contributed by atoms with E-state index in [1.165, 1.54) is 39.5 Å². The highest BCUT2D eigenvalue weighted by Crippen LogP contribution is 2.39. The van der Waals surface area contributed by atoms with Crippen molar-refractivity contribution < 1.29 is 28.2 Å². The lowest BCUT2D eigenvalue weighted by atomic mass is 10.3. The second kappa shape index (κ2) is 12.7. The number of esters is 1. The molecule has 1 aliphatic carbocycles. The van der Waals surface area contributed by atoms with E-state index in [0.717, 1.165) is 17.7 Å². The van der Waals surface area contributed by atoms with E-state index >= 15 is 0 Å². The second-order valence-corrected chi connectivity index (χ2v) is 11.6. The number of hydrogen-bond donors (Lipinski definition) is 3. The normalized spacial score (nSPS) is 12.6. The van der Waals surface area contributed by atoms with Gasteiger partial charge < -0.3 is 25.4 Å². The topological polar surface area (TPSA) is 162 Å². The third kappa shape index (κ3) is 7.15. The first kappa shape index (κ1) is 29.1. The van der Waals surface area contributed by atoms with Crippen molar-refractivity contribution in [1.82, 2.24) is 30.3 Å². The average Bonchev–Trinajstić information content (AvgIpc) is 3.32. The van der Waals surface area contributed by atoms with E-state index in [0.29, 0.717) is 38.2 Å². The molecule has 4 heterocycles. The van der Waals surface area contributed by atoms with E-state index in [2.05, 4.69) is 36.2 Å². The van der Waals surface area contributed by atoms with E-state index < -0.39 is 5.82 Å². The van der Waals surface area contributed by atoms with Gasteiger partial charge in [0.25, 0.3) is 0 Å². The Hall–Kier alpha value is -4.96. The molecule has 226 valence electrons. The molecule has 3 amide bonds. The minimum Gasteiger partial charge on any atom is -0.466 e. The number of halogens is 1. The molecule has 5 aromatic rings. The Balaban J connectivity index is 1.10. The molecule has 0 atom stereocenters. The molecule has 0 bridgehead atoms. The molecule has 13 nitrogen and oxygen atoms in total. The molecule has 0 aliphatic heterocycles. The van der Waals surface area contributed by atoms with Gasteiger partial charge in [-0.2, -0.15) is 0 Å². The summed E-state index contributed by atoms with van der Waals surface area (Å²) < 4.78 is 27.7. The van der Waals surface area contributed by atoms with Gasteiger partial charge >= 0.3 is 12.0 Å². The molecule has 1 aromatic carbocycles. The number of benzene rings is 1. The molecule has 1 saturated carbocycles. The summed E-state index contributed by atoms with van der Waals surface area (Å²) in [6.07, 6.45) is 5.12. The molecule has 16 heteroatoms. The zero-order chi connectivity index (χ0) is 30.6. The highest BCUT2D eigenvalue weighted by molar-refractivity contribution is 7.22. The highest BCUT2D eigenvalue weighted by atomic mass is 32.1. The maximum Gasteiger partial charge on any atom is 0.319 e. The Morgan fingerprint density at radius 2 is 2.00 bits per heavy atom. The maximum absolute atomic E-state index is 14.9. The predicted octanol–water partition coefficient (Wildman–Crippen LogP) is 4.97. The van der Waals surface area contributed by atoms with Gasteiger partial charge in [0, 0.05) is 35.4 Å². The van der Waals surface area contributed by atoms with Gasteiger partial charge in [0.05, 0.1) is 40.0 Å². The van der Waals surface area contributed by atoms with E-state index in [4.69, 9.17) is 9.47 Å². The molecule has 3 N–H and O–H groups in total. The molecule has 1 aliphatic rings. The monoisotopic (exact) mass is 636 g/mol. The fourth-order valence-corrected chi connectivity index (χ4v) is 5.82. The van der Waals surface area contributed by atoms with E-state index in [1.807, 2.05) is 6.07 Å². The highest BCUT2D eigenvalue weighted by Gasteiger charge is 2.23. The van der Waals surface area contributed by atoms with Crippen molar-refractivity contribution in [1.29, 1.82) is 0 Å². The first-order valence-electron chi connectivity index (χ1n) is 13.6. The Morgan fingerprint density at radius 1 is 1.14 bits per heavy atom. The Bertz CT molecular complexity index is 1850. The third-order valence-corrected chi connectivity index (χ3v) is 8.19. The van der Waals surface area contributed by atoms with Crippen molar-refractivity contribution in [3.05, 3.63) is 59.6 Å². The predicted molar refractivity (Wildman–Crippen MR) is 161 cm³/mol. The molecule has 4 aromatic heterocycles. The molecule has 0 unspecified atom stereocenters. The number of fused-ring (bicyclic) bond motifs is 1. The van der Waals surface area contributed by atoms with Gasteiger partial charge in [-0.3, -0.25) is 14.6 Å². The standard InChI is InChI=1S/C28H25FN8O5S2/c1-2-41-25(39)10-17-14-43-28(33-17)34-24(38)13-37-12-20(35-36-37)23-11-19-26(44-23)22(7-8-30-19)42-21-6-5-16(9-18(21)29)32-27(40)31-15-3-4-15/h5-9,11-12,14-15H,2-4,10,13H2,1H3,(H2,31,32,40)(H,33,34,38). The Morgan fingerprint density at radius 3 is 2.80 bits per heavy atom. The summed E-state index contributed by atoms with van der Waals surface area (Å²) in [7, 11) is 0. The number of ether oxygens (including phenoxy) is 2. The van der Waals surface area contributed by atoms with Gasteiger partial charge in [-0.15, -0.1) is 27.8 Å². The van der Waals surface area contributed by atoms with Crippen LogP contribution in [0.4, 0.5) is 20.0 Å². The lowest BCUT2D eigenvalue weighted by Crippen LogP contribution is -2.30. The quantitative estimate of drug-likeness (QED) is 0.170. The summed E-state index contributed by atoms with van der Waals surface area (Å²) in [6.45, 7) is 1.91. The number of carbonyl (C=O) groups excluding carboxylic acids is 3. The molecular weight excluding hydrogens is 611 g/mol. The zero-order valence-corrected chi connectivity index (χ0v) is 24.8. The van der Waals surface area contributed by atoms with Crippen LogP contribution in [-0.4, -0.2) is 55.5 Å². The summed E-state index contributed by atoms with van der Waals surface area (Å²) >= 11 is 2.54. The molecule has 6 rings (SSSR count). The van der Waals surface area contributed by atoms with Crippen LogP contribution in [0.2, 0.25) is 0 Å². The molecule has 0 spiro atoms. The number of amides is 3. The number of anilines is 2. The number of pyridine rings is 1. The number of hydrogen-bond acceptors (Lipinski definition) is 11. The van der Waals surface area contributed by atoms with Crippen LogP contribution in [0.25, 0.3) is 20.8 Å². The van der Waals surface area contributed by atoms with Gasteiger partial charge in [0.2, 0.25) is 5.91 Å². The molecule has 0 saturated heterocycles. The molecule has 0 radical (unpaired) electrons. The number of carbonyl (C=O) groups is 3. The van der Waals surface area contributed by atoms with E-state index in [-0.39, 0.29) is 49.3 Å². The fourth-order valence-electron chi connectivity index (χ4n) is 4.08. The smallest absolute Gasteiger partial charge is 0.319 e. The summed E-state index contributed by atoms with van der Waals surface area (Å²) in [4.78, 5) is 45.5. The molecular formula is C28H25FN8O5S2. The summed E-state index contributed by atoms with van der Waals surface area (Å²) in [5, 5.41) is 18.4. The minimum atomic E-state index is -0.634. The maximum atomic E-state index is 14.9. The van der Waals surface area contributed by atoms with Crippen LogP contribution >= 0.6 is 22.7 Å². The number of thiazole rings is 1. The molecule has 44 heavy (non-hydrogen) atoms. The lowest BCUT2D eigenvalue weighted by molar-refractivity contribution is -0.142. The van der Waals surface area contributed by atoms with Gasteiger partial charge in [0.1, 0.15) is 18.0 Å². The Labute approximate surface area is 257 Å². The number of urea groups is 1. The SMILES string of the molecule is CCOC(=O)Cc1csc(NC(=O)Cn2cc(-c3cc4nccc(Oc5ccc(NC(=O)NC6CC6)cc5F)c4s3)nn2)n1. The van der Waals surface area contributed by atoms with Crippen LogP contribution in [0, 0.1) is 5.82 Å². The minimum absolute atomic E-state index is 0.00852. The number of nitrogens with one attached hydrogen (secondary N) is 3. The van der Waals surface area contributed by atoms with Crippen molar-refractivity contribution in [2.75, 3.05) is 17.2 Å².